The van der Waals surface area contributed by atoms with E-state index in [1.54, 1.807) is 10.9 Å². The van der Waals surface area contributed by atoms with Crippen molar-refractivity contribution in [3.63, 3.8) is 0 Å². The molecule has 0 atom stereocenters. The predicted octanol–water partition coefficient (Wildman–Crippen LogP) is 2.15. The normalized spacial score (nSPS) is 10.6. The van der Waals surface area contributed by atoms with Crippen LogP contribution < -0.4 is 0 Å². The summed E-state index contributed by atoms with van der Waals surface area (Å²) in [6.45, 7) is 4.31. The average Bonchev–Trinajstić information content (AvgIpc) is 2.71. The second kappa shape index (κ2) is 7.02. The molecule has 0 fully saturated rings. The standard InChI is InChI=1S/C16H21N3O2/c1-12-15(13(2)19(3)18-12)10-16(20)21-9-5-7-14-6-4-8-17-11-14/h4,6,8,11H,5,7,9-10H2,1-3H3. The molecule has 2 heterocycles. The number of rotatable bonds is 6. The van der Waals surface area contributed by atoms with Crippen molar-refractivity contribution in [2.45, 2.75) is 33.1 Å². The van der Waals surface area contributed by atoms with Gasteiger partial charge in [-0.25, -0.2) is 0 Å². The van der Waals surface area contributed by atoms with Crippen molar-refractivity contribution >= 4 is 5.97 Å². The first-order chi connectivity index (χ1) is 10.1. The van der Waals surface area contributed by atoms with Crippen molar-refractivity contribution in [3.8, 4) is 0 Å². The smallest absolute Gasteiger partial charge is 0.310 e. The van der Waals surface area contributed by atoms with Gasteiger partial charge in [0.25, 0.3) is 0 Å². The molecule has 0 amide bonds. The molecule has 2 rings (SSSR count). The maximum absolute atomic E-state index is 11.9. The number of aromatic nitrogens is 3. The fourth-order valence-electron chi connectivity index (χ4n) is 2.28. The molecule has 0 aliphatic carbocycles. The Morgan fingerprint density at radius 1 is 1.38 bits per heavy atom. The Morgan fingerprint density at radius 2 is 2.19 bits per heavy atom. The zero-order valence-electron chi connectivity index (χ0n) is 12.8. The maximum atomic E-state index is 11.9. The lowest BCUT2D eigenvalue weighted by molar-refractivity contribution is -0.142. The SMILES string of the molecule is Cc1nn(C)c(C)c1CC(=O)OCCCc1cccnc1. The molecule has 5 nitrogen and oxygen atoms in total. The van der Waals surface area contributed by atoms with Crippen LogP contribution in [0.2, 0.25) is 0 Å². The molecule has 21 heavy (non-hydrogen) atoms. The summed E-state index contributed by atoms with van der Waals surface area (Å²) in [4.78, 5) is 15.9. The lowest BCUT2D eigenvalue weighted by Crippen LogP contribution is -2.11. The summed E-state index contributed by atoms with van der Waals surface area (Å²) in [6, 6.07) is 3.94. The quantitative estimate of drug-likeness (QED) is 0.603. The summed E-state index contributed by atoms with van der Waals surface area (Å²) < 4.78 is 7.08. The van der Waals surface area contributed by atoms with Crippen LogP contribution in [-0.2, 0) is 29.4 Å². The number of nitrogens with zero attached hydrogens (tertiary/aromatic N) is 3. The highest BCUT2D eigenvalue weighted by Gasteiger charge is 2.14. The second-order valence-electron chi connectivity index (χ2n) is 5.14. The van der Waals surface area contributed by atoms with Crippen LogP contribution in [0.5, 0.6) is 0 Å². The minimum absolute atomic E-state index is 0.194. The third kappa shape index (κ3) is 4.15. The van der Waals surface area contributed by atoms with Crippen LogP contribution in [0.1, 0.15) is 28.9 Å². The zero-order valence-corrected chi connectivity index (χ0v) is 12.8. The molecular formula is C16H21N3O2. The first-order valence-corrected chi connectivity index (χ1v) is 7.11. The van der Waals surface area contributed by atoms with Crippen LogP contribution in [-0.4, -0.2) is 27.3 Å². The molecule has 0 aromatic carbocycles. The monoisotopic (exact) mass is 287 g/mol. The maximum Gasteiger partial charge on any atom is 0.310 e. The number of hydrogen-bond donors (Lipinski definition) is 0. The van der Waals surface area contributed by atoms with Crippen LogP contribution in [0, 0.1) is 13.8 Å². The lowest BCUT2D eigenvalue weighted by atomic mass is 10.1. The molecule has 2 aromatic rings. The second-order valence-corrected chi connectivity index (χ2v) is 5.14. The highest BCUT2D eigenvalue weighted by Crippen LogP contribution is 2.13. The molecule has 0 aliphatic heterocycles. The van der Waals surface area contributed by atoms with E-state index in [1.807, 2.05) is 39.2 Å². The predicted molar refractivity (Wildman–Crippen MR) is 79.9 cm³/mol. The number of carbonyl (C=O) groups is 1. The van der Waals surface area contributed by atoms with Gasteiger partial charge in [0.05, 0.1) is 18.7 Å². The summed E-state index contributed by atoms with van der Waals surface area (Å²) in [5.74, 6) is -0.194. The lowest BCUT2D eigenvalue weighted by Gasteiger charge is -2.05. The van der Waals surface area contributed by atoms with E-state index >= 15 is 0 Å². The summed E-state index contributed by atoms with van der Waals surface area (Å²) >= 11 is 0. The molecule has 0 aliphatic rings. The summed E-state index contributed by atoms with van der Waals surface area (Å²) in [6.07, 6.45) is 5.55. The Hall–Kier alpha value is -2.17. The molecule has 2 aromatic heterocycles. The van der Waals surface area contributed by atoms with Crippen LogP contribution in [0.25, 0.3) is 0 Å². The fraction of sp³-hybridized carbons (Fsp3) is 0.438. The topological polar surface area (TPSA) is 57.0 Å². The van der Waals surface area contributed by atoms with E-state index < -0.39 is 0 Å². The minimum Gasteiger partial charge on any atom is -0.465 e. The van der Waals surface area contributed by atoms with Gasteiger partial charge in [0.2, 0.25) is 0 Å². The molecule has 0 unspecified atom stereocenters. The van der Waals surface area contributed by atoms with Crippen LogP contribution in [0.15, 0.2) is 24.5 Å². The van der Waals surface area contributed by atoms with Gasteiger partial charge >= 0.3 is 5.97 Å². The van der Waals surface area contributed by atoms with Crippen LogP contribution in [0.4, 0.5) is 0 Å². The molecule has 0 radical (unpaired) electrons. The largest absolute Gasteiger partial charge is 0.465 e. The highest BCUT2D eigenvalue weighted by molar-refractivity contribution is 5.73. The number of esters is 1. The van der Waals surface area contributed by atoms with E-state index in [2.05, 4.69) is 10.1 Å². The molecule has 112 valence electrons. The van der Waals surface area contributed by atoms with Crippen molar-refractivity contribution in [1.29, 1.82) is 0 Å². The Labute approximate surface area is 125 Å². The molecular weight excluding hydrogens is 266 g/mol. The van der Waals surface area contributed by atoms with Gasteiger partial charge < -0.3 is 4.74 Å². The van der Waals surface area contributed by atoms with Gasteiger partial charge in [-0.05, 0) is 38.3 Å². The van der Waals surface area contributed by atoms with Gasteiger partial charge in [-0.3, -0.25) is 14.5 Å². The van der Waals surface area contributed by atoms with Crippen molar-refractivity contribution in [2.75, 3.05) is 6.61 Å². The van der Waals surface area contributed by atoms with E-state index in [9.17, 15) is 4.79 Å². The van der Waals surface area contributed by atoms with Crippen molar-refractivity contribution < 1.29 is 9.53 Å². The summed E-state index contributed by atoms with van der Waals surface area (Å²) in [7, 11) is 1.88. The van der Waals surface area contributed by atoms with Gasteiger partial charge in [-0.15, -0.1) is 0 Å². The highest BCUT2D eigenvalue weighted by atomic mass is 16.5. The summed E-state index contributed by atoms with van der Waals surface area (Å²) in [5.41, 5.74) is 4.03. The van der Waals surface area contributed by atoms with Gasteiger partial charge in [-0.1, -0.05) is 6.07 Å². The van der Waals surface area contributed by atoms with Crippen LogP contribution in [0.3, 0.4) is 0 Å². The zero-order chi connectivity index (χ0) is 15.2. The molecule has 0 saturated heterocycles. The third-order valence-corrected chi connectivity index (χ3v) is 3.58. The molecule has 0 N–H and O–H groups in total. The first-order valence-electron chi connectivity index (χ1n) is 7.11. The number of carbonyl (C=O) groups excluding carboxylic acids is 1. The van der Waals surface area contributed by atoms with Crippen molar-refractivity contribution in [2.24, 2.45) is 7.05 Å². The molecule has 0 saturated carbocycles. The first kappa shape index (κ1) is 15.2. The van der Waals surface area contributed by atoms with Gasteiger partial charge in [-0.2, -0.15) is 5.10 Å². The fourth-order valence-corrected chi connectivity index (χ4v) is 2.28. The molecule has 0 bridgehead atoms. The van der Waals surface area contributed by atoms with E-state index in [1.165, 1.54) is 0 Å². The number of ether oxygens (including phenoxy) is 1. The Balaban J connectivity index is 1.75. The van der Waals surface area contributed by atoms with Crippen LogP contribution >= 0.6 is 0 Å². The number of aryl methyl sites for hydroxylation is 3. The van der Waals surface area contributed by atoms with Gasteiger partial charge in [0.15, 0.2) is 0 Å². The third-order valence-electron chi connectivity index (χ3n) is 3.58. The Morgan fingerprint density at radius 3 is 2.81 bits per heavy atom. The van der Waals surface area contributed by atoms with Gasteiger partial charge in [0.1, 0.15) is 0 Å². The van der Waals surface area contributed by atoms with E-state index in [0.29, 0.717) is 13.0 Å². The molecule has 0 spiro atoms. The van der Waals surface area contributed by atoms with Gasteiger partial charge in [0, 0.05) is 30.7 Å². The average molecular weight is 287 g/mol. The number of pyridine rings is 1. The number of hydrogen-bond acceptors (Lipinski definition) is 4. The van der Waals surface area contributed by atoms with E-state index in [-0.39, 0.29) is 5.97 Å². The minimum atomic E-state index is -0.194. The van der Waals surface area contributed by atoms with E-state index in [4.69, 9.17) is 4.74 Å². The van der Waals surface area contributed by atoms with Crippen molar-refractivity contribution in [1.82, 2.24) is 14.8 Å². The Bertz CT molecular complexity index is 605. The molecule has 5 heteroatoms. The van der Waals surface area contributed by atoms with Crippen molar-refractivity contribution in [3.05, 3.63) is 47.0 Å². The van der Waals surface area contributed by atoms with E-state index in [0.717, 1.165) is 35.4 Å². The summed E-state index contributed by atoms with van der Waals surface area (Å²) in [5, 5.41) is 4.30. The Kier molecular flexibility index (Phi) is 5.09.